The number of aromatic nitrogens is 2. The molecular formula is C14H27N3O6Si2. The minimum absolute atomic E-state index is 0.114. The van der Waals surface area contributed by atoms with Gasteiger partial charge in [0.05, 0.1) is 6.10 Å². The van der Waals surface area contributed by atoms with Gasteiger partial charge in [0.15, 0.2) is 6.23 Å². The number of nitrogen functional groups attached to an aromatic ring is 1. The van der Waals surface area contributed by atoms with E-state index in [2.05, 4.69) is 4.98 Å². The Bertz CT molecular complexity index is 668. The highest BCUT2D eigenvalue weighted by Gasteiger charge is 2.48. The van der Waals surface area contributed by atoms with E-state index in [0.29, 0.717) is 0 Å². The van der Waals surface area contributed by atoms with E-state index in [1.807, 2.05) is 26.2 Å². The van der Waals surface area contributed by atoms with Crippen molar-refractivity contribution in [2.45, 2.75) is 57.7 Å². The van der Waals surface area contributed by atoms with E-state index in [-0.39, 0.29) is 5.82 Å². The summed E-state index contributed by atoms with van der Waals surface area (Å²) in [5.41, 5.74) is 4.91. The van der Waals surface area contributed by atoms with Crippen molar-refractivity contribution in [3.63, 3.8) is 0 Å². The Morgan fingerprint density at radius 1 is 1.32 bits per heavy atom. The normalized spacial score (nSPS) is 27.6. The zero-order valence-corrected chi connectivity index (χ0v) is 17.4. The van der Waals surface area contributed by atoms with Gasteiger partial charge in [0.2, 0.25) is 0 Å². The lowest BCUT2D eigenvalue weighted by molar-refractivity contribution is -0.0349. The van der Waals surface area contributed by atoms with Crippen molar-refractivity contribution in [3.05, 3.63) is 22.7 Å². The summed E-state index contributed by atoms with van der Waals surface area (Å²) in [6, 6.07) is 1.48. The molecule has 0 bridgehead atoms. The Morgan fingerprint density at radius 3 is 2.52 bits per heavy atom. The lowest BCUT2D eigenvalue weighted by Gasteiger charge is -2.35. The molecule has 1 aliphatic rings. The van der Waals surface area contributed by atoms with Gasteiger partial charge in [0, 0.05) is 13.3 Å². The number of anilines is 1. The fraction of sp³-hybridized carbons (Fsp3) is 0.714. The van der Waals surface area contributed by atoms with Gasteiger partial charge in [-0.3, -0.25) is 4.57 Å². The van der Waals surface area contributed by atoms with Crippen LogP contribution in [0.25, 0.3) is 0 Å². The maximum atomic E-state index is 12.0. The second kappa shape index (κ2) is 7.27. The van der Waals surface area contributed by atoms with Crippen LogP contribution in [-0.2, 0) is 17.7 Å². The molecule has 3 N–H and O–H groups in total. The van der Waals surface area contributed by atoms with E-state index in [0.717, 1.165) is 0 Å². The van der Waals surface area contributed by atoms with Crippen LogP contribution in [0.5, 0.6) is 0 Å². The number of hydrogen-bond acceptors (Lipinski definition) is 8. The van der Waals surface area contributed by atoms with Gasteiger partial charge in [-0.1, -0.05) is 0 Å². The molecule has 0 aliphatic carbocycles. The van der Waals surface area contributed by atoms with Crippen molar-refractivity contribution >= 4 is 22.9 Å². The van der Waals surface area contributed by atoms with E-state index in [4.69, 9.17) is 23.4 Å². The van der Waals surface area contributed by atoms with Gasteiger partial charge in [0.25, 0.3) is 0 Å². The molecule has 11 heteroatoms. The minimum atomic E-state index is -2.59. The molecule has 0 amide bonds. The Kier molecular flexibility index (Phi) is 5.88. The van der Waals surface area contributed by atoms with Crippen LogP contribution in [0.4, 0.5) is 5.82 Å². The van der Waals surface area contributed by atoms with Crippen molar-refractivity contribution in [1.29, 1.82) is 0 Å². The average Bonchev–Trinajstić information content (AvgIpc) is 2.74. The number of aliphatic hydroxyl groups is 1. The zero-order valence-electron chi connectivity index (χ0n) is 15.4. The molecule has 1 aliphatic heterocycles. The number of aliphatic hydroxyl groups excluding tert-OH is 1. The quantitative estimate of drug-likeness (QED) is 0.678. The molecule has 1 unspecified atom stereocenters. The highest BCUT2D eigenvalue weighted by atomic mass is 28.5. The second-order valence-electron chi connectivity index (χ2n) is 6.95. The molecule has 1 aromatic heterocycles. The molecule has 0 aromatic carbocycles. The number of nitrogens with two attached hydrogens (primary N) is 1. The lowest BCUT2D eigenvalue weighted by atomic mass is 10.1. The monoisotopic (exact) mass is 389 g/mol. The molecule has 0 radical (unpaired) electrons. The maximum Gasteiger partial charge on any atom is 0.351 e. The highest BCUT2D eigenvalue weighted by molar-refractivity contribution is 6.78. The third-order valence-corrected chi connectivity index (χ3v) is 9.73. The maximum absolute atomic E-state index is 12.0. The van der Waals surface area contributed by atoms with Gasteiger partial charge in [-0.2, -0.15) is 4.98 Å². The van der Waals surface area contributed by atoms with E-state index in [1.54, 1.807) is 14.0 Å². The molecule has 1 saturated heterocycles. The van der Waals surface area contributed by atoms with E-state index >= 15 is 0 Å². The van der Waals surface area contributed by atoms with Gasteiger partial charge in [-0.25, -0.2) is 4.79 Å². The molecule has 2 rings (SSSR count). The van der Waals surface area contributed by atoms with Crippen LogP contribution in [0.15, 0.2) is 17.1 Å². The number of ether oxygens (including phenoxy) is 1. The Morgan fingerprint density at radius 2 is 1.96 bits per heavy atom. The Hall–Kier alpha value is -1.09. The zero-order chi connectivity index (χ0) is 19.0. The third-order valence-electron chi connectivity index (χ3n) is 3.97. The van der Waals surface area contributed by atoms with Gasteiger partial charge in [-0.15, -0.1) is 0 Å². The fourth-order valence-corrected chi connectivity index (χ4v) is 9.07. The summed E-state index contributed by atoms with van der Waals surface area (Å²) in [5, 5.41) is 10.7. The molecule has 1 aromatic rings. The first-order chi connectivity index (χ1) is 11.5. The van der Waals surface area contributed by atoms with E-state index < -0.39 is 47.4 Å². The van der Waals surface area contributed by atoms with Crippen LogP contribution in [0, 0.1) is 0 Å². The van der Waals surface area contributed by atoms with Crippen LogP contribution in [-0.4, -0.2) is 57.2 Å². The molecule has 9 nitrogen and oxygen atoms in total. The van der Waals surface area contributed by atoms with Crippen molar-refractivity contribution in [1.82, 2.24) is 9.55 Å². The van der Waals surface area contributed by atoms with Crippen molar-refractivity contribution in [2.24, 2.45) is 0 Å². The summed E-state index contributed by atoms with van der Waals surface area (Å²) in [7, 11) is -3.26. The number of hydrogen-bond donors (Lipinski definition) is 2. The molecule has 142 valence electrons. The predicted molar refractivity (Wildman–Crippen MR) is 96.4 cm³/mol. The molecule has 1 fully saturated rings. The summed E-state index contributed by atoms with van der Waals surface area (Å²) >= 11 is 0. The fourth-order valence-electron chi connectivity index (χ4n) is 2.82. The van der Waals surface area contributed by atoms with Gasteiger partial charge >= 0.3 is 22.8 Å². The third kappa shape index (κ3) is 4.75. The Labute approximate surface area is 149 Å². The number of nitrogens with zero attached hydrogens (tertiary/aromatic N) is 2. The first-order valence-corrected chi connectivity index (χ1v) is 13.7. The molecule has 25 heavy (non-hydrogen) atoms. The van der Waals surface area contributed by atoms with Crippen molar-refractivity contribution in [2.75, 3.05) is 12.8 Å². The molecular weight excluding hydrogens is 362 g/mol. The highest BCUT2D eigenvalue weighted by Crippen LogP contribution is 2.33. The first-order valence-electron chi connectivity index (χ1n) is 8.07. The Balaban J connectivity index is 2.17. The molecule has 0 spiro atoms. The summed E-state index contributed by atoms with van der Waals surface area (Å²) in [5.74, 6) is 0.114. The minimum Gasteiger partial charge on any atom is -0.415 e. The van der Waals surface area contributed by atoms with Crippen LogP contribution in [0.1, 0.15) is 13.2 Å². The van der Waals surface area contributed by atoms with E-state index in [9.17, 15) is 9.90 Å². The van der Waals surface area contributed by atoms with Crippen LogP contribution < -0.4 is 11.4 Å². The SMILES string of the molecule is CO[Si](C)(C)O[Si](C)(C)O[C@@H]1[C@@H](C)OC(n2ccc(N)nc2=O)[C@@H]1O. The standard InChI is InChI=1S/C14H27N3O6Si2/c1-9-12(22-25(5,6)23-24(3,4)20-2)11(18)13(21-9)17-8-7-10(15)16-14(17)19/h7-9,11-13,18H,1-6H3,(H2,15,16,19)/t9-,11-,12-,13?/m1/s1. The smallest absolute Gasteiger partial charge is 0.351 e. The van der Waals surface area contributed by atoms with Crippen molar-refractivity contribution in [3.8, 4) is 0 Å². The first kappa shape index (κ1) is 20.2. The molecule has 2 heterocycles. The van der Waals surface area contributed by atoms with Crippen LogP contribution >= 0.6 is 0 Å². The van der Waals surface area contributed by atoms with Gasteiger partial charge in [-0.05, 0) is 39.2 Å². The number of rotatable bonds is 6. The van der Waals surface area contributed by atoms with Gasteiger partial charge < -0.3 is 28.5 Å². The summed E-state index contributed by atoms with van der Waals surface area (Å²) in [6.07, 6.45) is -1.53. The summed E-state index contributed by atoms with van der Waals surface area (Å²) in [4.78, 5) is 15.7. The van der Waals surface area contributed by atoms with E-state index in [1.165, 1.54) is 16.8 Å². The predicted octanol–water partition coefficient (Wildman–Crippen LogP) is 0.556. The van der Waals surface area contributed by atoms with Crippen LogP contribution in [0.2, 0.25) is 26.2 Å². The molecule has 0 saturated carbocycles. The largest absolute Gasteiger partial charge is 0.415 e. The molecule has 4 atom stereocenters. The summed E-state index contributed by atoms with van der Waals surface area (Å²) < 4.78 is 24.6. The topological polar surface area (TPSA) is 118 Å². The lowest BCUT2D eigenvalue weighted by Crippen LogP contribution is -2.52. The van der Waals surface area contributed by atoms with Crippen molar-refractivity contribution < 1.29 is 22.8 Å². The summed E-state index contributed by atoms with van der Waals surface area (Å²) in [6.45, 7) is 9.43. The van der Waals surface area contributed by atoms with Crippen LogP contribution in [0.3, 0.4) is 0 Å². The second-order valence-corrected chi connectivity index (χ2v) is 14.0. The van der Waals surface area contributed by atoms with Gasteiger partial charge in [0.1, 0.15) is 18.0 Å². The average molecular weight is 390 g/mol.